The maximum Gasteiger partial charge on any atom is 0.408 e. The molecule has 2 aromatic carbocycles. The number of carboxylic acids is 1. The van der Waals surface area contributed by atoms with E-state index in [0.29, 0.717) is 10.6 Å². The number of amides is 1. The van der Waals surface area contributed by atoms with Gasteiger partial charge >= 0.3 is 12.1 Å². The first kappa shape index (κ1) is 20.1. The number of carbonyl (C=O) groups excluding carboxylic acids is 1. The summed E-state index contributed by atoms with van der Waals surface area (Å²) in [5.41, 5.74) is 1.17. The molecule has 2 aromatic rings. The number of alkyl carbamates (subject to hydrolysis) is 1. The molecule has 1 atom stereocenters. The van der Waals surface area contributed by atoms with Crippen molar-refractivity contribution < 1.29 is 23.8 Å². The Morgan fingerprint density at radius 2 is 1.96 bits per heavy atom. The van der Waals surface area contributed by atoms with Gasteiger partial charge < -0.3 is 15.2 Å². The maximum absolute atomic E-state index is 13.6. The van der Waals surface area contributed by atoms with Gasteiger partial charge in [0.25, 0.3) is 0 Å². The van der Waals surface area contributed by atoms with Gasteiger partial charge in [0.05, 0.1) is 0 Å². The van der Waals surface area contributed by atoms with Gasteiger partial charge in [-0.05, 0) is 29.3 Å². The predicted octanol–water partition coefficient (Wildman–Crippen LogP) is 4.09. The topological polar surface area (TPSA) is 75.6 Å². The number of nitrogens with one attached hydrogen (secondary N) is 1. The molecule has 138 valence electrons. The highest BCUT2D eigenvalue weighted by atomic mass is 35.5. The molecule has 0 saturated carbocycles. The van der Waals surface area contributed by atoms with E-state index in [1.807, 2.05) is 18.2 Å². The monoisotopic (exact) mass is 397 g/mol. The van der Waals surface area contributed by atoms with Crippen LogP contribution in [0.25, 0.3) is 0 Å². The van der Waals surface area contributed by atoms with Crippen LogP contribution in [0.3, 0.4) is 0 Å². The first-order chi connectivity index (χ1) is 12.5. The summed E-state index contributed by atoms with van der Waals surface area (Å²) in [6.45, 7) is 0.0415. The Balaban J connectivity index is 1.81. The van der Waals surface area contributed by atoms with Crippen LogP contribution in [0.2, 0.25) is 5.02 Å². The smallest absolute Gasteiger partial charge is 0.408 e. The highest BCUT2D eigenvalue weighted by Gasteiger charge is 2.21. The Kier molecular flexibility index (Phi) is 7.74. The van der Waals surface area contributed by atoms with Crippen LogP contribution in [0.1, 0.15) is 11.1 Å². The fraction of sp³-hybridized carbons (Fsp3) is 0.222. The number of aliphatic carboxylic acids is 1. The molecule has 0 aliphatic rings. The Morgan fingerprint density at radius 3 is 2.65 bits per heavy atom. The summed E-state index contributed by atoms with van der Waals surface area (Å²) < 4.78 is 18.7. The SMILES string of the molecule is O=C(NC(CSCc1cc(Cl)ccc1F)C(=O)O)OCc1ccccc1. The second-order valence-corrected chi connectivity index (χ2v) is 6.81. The summed E-state index contributed by atoms with van der Waals surface area (Å²) >= 11 is 6.99. The quantitative estimate of drug-likeness (QED) is 0.701. The van der Waals surface area contributed by atoms with E-state index in [0.717, 1.165) is 5.56 Å². The molecular weight excluding hydrogens is 381 g/mol. The van der Waals surface area contributed by atoms with E-state index in [4.69, 9.17) is 16.3 Å². The number of hydrogen-bond acceptors (Lipinski definition) is 4. The second-order valence-electron chi connectivity index (χ2n) is 5.35. The van der Waals surface area contributed by atoms with E-state index in [1.54, 1.807) is 12.1 Å². The number of carboxylic acid groups (broad SMARTS) is 1. The molecule has 5 nitrogen and oxygen atoms in total. The van der Waals surface area contributed by atoms with E-state index < -0.39 is 23.9 Å². The average Bonchev–Trinajstić information content (AvgIpc) is 2.62. The van der Waals surface area contributed by atoms with Crippen LogP contribution < -0.4 is 5.32 Å². The number of thioether (sulfide) groups is 1. The molecule has 0 saturated heterocycles. The molecule has 2 rings (SSSR count). The Morgan fingerprint density at radius 1 is 1.23 bits per heavy atom. The summed E-state index contributed by atoms with van der Waals surface area (Å²) in [5.74, 6) is -1.32. The Hall–Kier alpha value is -2.25. The fourth-order valence-corrected chi connectivity index (χ4v) is 3.24. The first-order valence-corrected chi connectivity index (χ1v) is 9.20. The van der Waals surface area contributed by atoms with E-state index >= 15 is 0 Å². The molecule has 0 heterocycles. The van der Waals surface area contributed by atoms with E-state index in [9.17, 15) is 19.1 Å². The van der Waals surface area contributed by atoms with E-state index in [-0.39, 0.29) is 18.1 Å². The van der Waals surface area contributed by atoms with Crippen LogP contribution in [-0.2, 0) is 21.9 Å². The zero-order valence-corrected chi connectivity index (χ0v) is 15.2. The molecule has 8 heteroatoms. The second kappa shape index (κ2) is 10.0. The summed E-state index contributed by atoms with van der Waals surface area (Å²) in [4.78, 5) is 23.1. The van der Waals surface area contributed by atoms with Gasteiger partial charge in [-0.1, -0.05) is 41.9 Å². The molecule has 0 bridgehead atoms. The van der Waals surface area contributed by atoms with Crippen molar-refractivity contribution >= 4 is 35.4 Å². The minimum Gasteiger partial charge on any atom is -0.480 e. The third kappa shape index (κ3) is 6.57. The molecule has 0 fully saturated rings. The van der Waals surface area contributed by atoms with Crippen LogP contribution in [0.15, 0.2) is 48.5 Å². The molecule has 0 radical (unpaired) electrons. The summed E-state index contributed by atoms with van der Waals surface area (Å²) in [5, 5.41) is 11.9. The summed E-state index contributed by atoms with van der Waals surface area (Å²) in [6.07, 6.45) is -0.823. The van der Waals surface area contributed by atoms with Crippen molar-refractivity contribution in [3.05, 3.63) is 70.5 Å². The number of ether oxygens (including phenoxy) is 1. The first-order valence-electron chi connectivity index (χ1n) is 7.67. The third-order valence-corrected chi connectivity index (χ3v) is 4.67. The standard InChI is InChI=1S/C18H17ClFNO4S/c19-14-6-7-15(20)13(8-14)10-26-11-16(17(22)23)21-18(24)25-9-12-4-2-1-3-5-12/h1-8,16H,9-11H2,(H,21,24)(H,22,23). The molecule has 2 N–H and O–H groups in total. The molecule has 0 aliphatic carbocycles. The zero-order valence-electron chi connectivity index (χ0n) is 13.7. The van der Waals surface area contributed by atoms with Crippen molar-refractivity contribution in [2.75, 3.05) is 5.75 Å². The molecule has 1 amide bonds. The molecule has 0 spiro atoms. The number of halogens is 2. The van der Waals surface area contributed by atoms with Crippen molar-refractivity contribution in [2.24, 2.45) is 0 Å². The maximum atomic E-state index is 13.6. The molecule has 0 aliphatic heterocycles. The normalized spacial score (nSPS) is 11.6. The molecule has 26 heavy (non-hydrogen) atoms. The number of rotatable bonds is 8. The van der Waals surface area contributed by atoms with Gasteiger partial charge in [-0.25, -0.2) is 14.0 Å². The van der Waals surface area contributed by atoms with Crippen molar-refractivity contribution in [3.63, 3.8) is 0 Å². The van der Waals surface area contributed by atoms with Gasteiger partial charge in [0, 0.05) is 16.5 Å². The van der Waals surface area contributed by atoms with Gasteiger partial charge in [-0.2, -0.15) is 11.8 Å². The number of hydrogen-bond donors (Lipinski definition) is 2. The molecule has 0 aromatic heterocycles. The third-order valence-electron chi connectivity index (χ3n) is 3.35. The highest BCUT2D eigenvalue weighted by molar-refractivity contribution is 7.98. The van der Waals surface area contributed by atoms with E-state index in [2.05, 4.69) is 5.32 Å². The van der Waals surface area contributed by atoms with Crippen LogP contribution in [0.5, 0.6) is 0 Å². The van der Waals surface area contributed by atoms with Gasteiger partial charge in [-0.3, -0.25) is 0 Å². The van der Waals surface area contributed by atoms with Crippen LogP contribution in [0.4, 0.5) is 9.18 Å². The average molecular weight is 398 g/mol. The Labute approximate surface area is 159 Å². The lowest BCUT2D eigenvalue weighted by Gasteiger charge is -2.14. The lowest BCUT2D eigenvalue weighted by Crippen LogP contribution is -2.42. The zero-order chi connectivity index (χ0) is 18.9. The lowest BCUT2D eigenvalue weighted by atomic mass is 10.2. The van der Waals surface area contributed by atoms with Crippen LogP contribution in [-0.4, -0.2) is 29.0 Å². The van der Waals surface area contributed by atoms with Crippen molar-refractivity contribution in [1.29, 1.82) is 0 Å². The highest BCUT2D eigenvalue weighted by Crippen LogP contribution is 2.20. The van der Waals surface area contributed by atoms with Crippen molar-refractivity contribution in [1.82, 2.24) is 5.32 Å². The van der Waals surface area contributed by atoms with Crippen molar-refractivity contribution in [3.8, 4) is 0 Å². The molecule has 1 unspecified atom stereocenters. The minimum absolute atomic E-state index is 0.0415. The predicted molar refractivity (Wildman–Crippen MR) is 98.8 cm³/mol. The van der Waals surface area contributed by atoms with Gasteiger partial charge in [0.15, 0.2) is 0 Å². The minimum atomic E-state index is -1.19. The summed E-state index contributed by atoms with van der Waals surface area (Å²) in [6, 6.07) is 12.1. The number of carbonyl (C=O) groups is 2. The fourth-order valence-electron chi connectivity index (χ4n) is 2.02. The van der Waals surface area contributed by atoms with Gasteiger partial charge in [-0.15, -0.1) is 0 Å². The van der Waals surface area contributed by atoms with Gasteiger partial charge in [0.2, 0.25) is 0 Å². The molecular formula is C18H17ClFNO4S. The Bertz CT molecular complexity index is 760. The van der Waals surface area contributed by atoms with Gasteiger partial charge in [0.1, 0.15) is 18.5 Å². The van der Waals surface area contributed by atoms with Crippen LogP contribution >= 0.6 is 23.4 Å². The van der Waals surface area contributed by atoms with E-state index in [1.165, 1.54) is 30.0 Å². The lowest BCUT2D eigenvalue weighted by molar-refractivity contribution is -0.138. The summed E-state index contributed by atoms with van der Waals surface area (Å²) in [7, 11) is 0. The largest absolute Gasteiger partial charge is 0.480 e. The number of benzene rings is 2. The van der Waals surface area contributed by atoms with Crippen LogP contribution in [0, 0.1) is 5.82 Å². The van der Waals surface area contributed by atoms with Crippen molar-refractivity contribution in [2.45, 2.75) is 18.4 Å².